The Labute approximate surface area is 236 Å². The average Bonchev–Trinajstić information content (AvgIpc) is 3.44. The molecule has 4 amide bonds. The maximum Gasteiger partial charge on any atom is 0.409 e. The Hall–Kier alpha value is -5.39. The molecule has 212 valence electrons. The lowest BCUT2D eigenvalue weighted by molar-refractivity contribution is 0.133. The first-order valence-electron chi connectivity index (χ1n) is 12.8. The number of ether oxygens (including phenoxy) is 2. The summed E-state index contributed by atoms with van der Waals surface area (Å²) in [4.78, 5) is 37.0. The van der Waals surface area contributed by atoms with E-state index in [1.165, 1.54) is 0 Å². The Balaban J connectivity index is 1.30. The van der Waals surface area contributed by atoms with Crippen molar-refractivity contribution in [1.29, 1.82) is 0 Å². The lowest BCUT2D eigenvalue weighted by atomic mass is 10.1. The van der Waals surface area contributed by atoms with E-state index in [1.807, 2.05) is 91.0 Å². The Kier molecular flexibility index (Phi) is 10.2. The van der Waals surface area contributed by atoms with E-state index in [0.29, 0.717) is 6.42 Å². The van der Waals surface area contributed by atoms with Gasteiger partial charge in [-0.15, -0.1) is 5.10 Å². The summed E-state index contributed by atoms with van der Waals surface area (Å²) in [6.45, 7) is 1.74. The first kappa shape index (κ1) is 28.6. The highest BCUT2D eigenvalue weighted by atomic mass is 16.6. The highest BCUT2D eigenvalue weighted by molar-refractivity contribution is 5.87. The molecule has 0 aliphatic carbocycles. The number of rotatable bonds is 11. The first-order valence-corrected chi connectivity index (χ1v) is 12.8. The van der Waals surface area contributed by atoms with Crippen molar-refractivity contribution in [3.63, 3.8) is 0 Å². The van der Waals surface area contributed by atoms with Crippen molar-refractivity contribution in [3.05, 3.63) is 114 Å². The fourth-order valence-electron chi connectivity index (χ4n) is 3.69. The number of anilines is 1. The van der Waals surface area contributed by atoms with Crippen LogP contribution < -0.4 is 21.3 Å². The minimum Gasteiger partial charge on any atom is -0.445 e. The summed E-state index contributed by atoms with van der Waals surface area (Å²) in [7, 11) is 0. The monoisotopic (exact) mass is 558 g/mol. The molecule has 4 N–H and O–H groups in total. The van der Waals surface area contributed by atoms with Crippen molar-refractivity contribution >= 4 is 24.2 Å². The summed E-state index contributed by atoms with van der Waals surface area (Å²) in [6.07, 6.45) is -1.80. The van der Waals surface area contributed by atoms with Gasteiger partial charge in [0.05, 0.1) is 0 Å². The van der Waals surface area contributed by atoms with Crippen molar-refractivity contribution in [2.75, 3.05) is 5.32 Å². The van der Waals surface area contributed by atoms with Crippen LogP contribution in [0.3, 0.4) is 0 Å². The van der Waals surface area contributed by atoms with E-state index >= 15 is 0 Å². The van der Waals surface area contributed by atoms with Gasteiger partial charge in [0.2, 0.25) is 5.89 Å². The maximum absolute atomic E-state index is 12.6. The van der Waals surface area contributed by atoms with Gasteiger partial charge in [-0.2, -0.15) is 0 Å². The van der Waals surface area contributed by atoms with Crippen LogP contribution in [0.25, 0.3) is 0 Å². The normalized spacial score (nSPS) is 11.9. The second-order valence-corrected chi connectivity index (χ2v) is 8.92. The van der Waals surface area contributed by atoms with Crippen LogP contribution in [0.15, 0.2) is 95.4 Å². The number of carbonyl (C=O) groups excluding carboxylic acids is 3. The maximum atomic E-state index is 12.6. The zero-order valence-electron chi connectivity index (χ0n) is 22.3. The molecule has 12 heteroatoms. The van der Waals surface area contributed by atoms with Crippen LogP contribution in [0.2, 0.25) is 0 Å². The number of nitrogens with zero attached hydrogens (tertiary/aromatic N) is 2. The molecule has 0 aliphatic heterocycles. The van der Waals surface area contributed by atoms with Crippen molar-refractivity contribution in [1.82, 2.24) is 26.1 Å². The largest absolute Gasteiger partial charge is 0.445 e. The van der Waals surface area contributed by atoms with Gasteiger partial charge in [0, 0.05) is 6.42 Å². The van der Waals surface area contributed by atoms with Gasteiger partial charge in [-0.1, -0.05) is 96.1 Å². The lowest BCUT2D eigenvalue weighted by Gasteiger charge is -2.16. The molecular weight excluding hydrogens is 528 g/mol. The number of hydrogen-bond acceptors (Lipinski definition) is 8. The molecule has 0 saturated heterocycles. The topological polar surface area (TPSA) is 157 Å². The van der Waals surface area contributed by atoms with Crippen molar-refractivity contribution in [2.45, 2.75) is 38.8 Å². The Bertz CT molecular complexity index is 1400. The Morgan fingerprint density at radius 2 is 1.22 bits per heavy atom. The van der Waals surface area contributed by atoms with Gasteiger partial charge in [0.1, 0.15) is 25.4 Å². The molecule has 0 fully saturated rings. The summed E-state index contributed by atoms with van der Waals surface area (Å²) in [5.41, 5.74) is 2.58. The van der Waals surface area contributed by atoms with Crippen LogP contribution in [0.1, 0.15) is 35.5 Å². The molecule has 12 nitrogen and oxygen atoms in total. The highest BCUT2D eigenvalue weighted by Crippen LogP contribution is 2.20. The predicted molar refractivity (Wildman–Crippen MR) is 148 cm³/mol. The van der Waals surface area contributed by atoms with E-state index in [-0.39, 0.29) is 25.1 Å². The van der Waals surface area contributed by atoms with E-state index < -0.39 is 30.4 Å². The van der Waals surface area contributed by atoms with Gasteiger partial charge in [0.15, 0.2) is 0 Å². The lowest BCUT2D eigenvalue weighted by Crippen LogP contribution is -2.47. The molecule has 0 radical (unpaired) electrons. The van der Waals surface area contributed by atoms with Gasteiger partial charge >= 0.3 is 24.2 Å². The number of amides is 4. The molecule has 0 spiro atoms. The number of hydrogen-bond donors (Lipinski definition) is 4. The molecule has 3 aromatic carbocycles. The average molecular weight is 559 g/mol. The summed E-state index contributed by atoms with van der Waals surface area (Å²) < 4.78 is 16.1. The summed E-state index contributed by atoms with van der Waals surface area (Å²) in [5.74, 6) is 0.0662. The molecule has 0 unspecified atom stereocenters. The van der Waals surface area contributed by atoms with Crippen LogP contribution in [0, 0.1) is 0 Å². The molecule has 0 bridgehead atoms. The van der Waals surface area contributed by atoms with Gasteiger partial charge in [-0.3, -0.25) is 5.32 Å². The fourth-order valence-corrected chi connectivity index (χ4v) is 3.69. The van der Waals surface area contributed by atoms with Gasteiger partial charge < -0.3 is 29.8 Å². The molecule has 0 saturated carbocycles. The van der Waals surface area contributed by atoms with Crippen LogP contribution in [0.4, 0.5) is 20.4 Å². The van der Waals surface area contributed by atoms with E-state index in [9.17, 15) is 14.4 Å². The zero-order chi connectivity index (χ0) is 28.9. The third kappa shape index (κ3) is 9.70. The van der Waals surface area contributed by atoms with E-state index in [1.54, 1.807) is 6.92 Å². The Morgan fingerprint density at radius 3 is 1.78 bits per heavy atom. The molecule has 1 aromatic heterocycles. The summed E-state index contributed by atoms with van der Waals surface area (Å²) >= 11 is 0. The smallest absolute Gasteiger partial charge is 0.409 e. The van der Waals surface area contributed by atoms with Crippen LogP contribution in [-0.4, -0.2) is 34.6 Å². The highest BCUT2D eigenvalue weighted by Gasteiger charge is 2.23. The second kappa shape index (κ2) is 14.7. The summed E-state index contributed by atoms with van der Waals surface area (Å²) in [5, 5.41) is 18.0. The van der Waals surface area contributed by atoms with Crippen molar-refractivity contribution in [2.24, 2.45) is 0 Å². The van der Waals surface area contributed by atoms with E-state index in [4.69, 9.17) is 13.9 Å². The third-order valence-corrected chi connectivity index (χ3v) is 5.64. The Morgan fingerprint density at radius 1 is 0.707 bits per heavy atom. The van der Waals surface area contributed by atoms with Gasteiger partial charge in [-0.05, 0) is 23.6 Å². The van der Waals surface area contributed by atoms with Crippen LogP contribution in [0.5, 0.6) is 0 Å². The van der Waals surface area contributed by atoms with Crippen molar-refractivity contribution < 1.29 is 28.3 Å². The van der Waals surface area contributed by atoms with Gasteiger partial charge in [0.25, 0.3) is 0 Å². The number of carbonyl (C=O) groups is 3. The number of nitrogens with one attached hydrogen (secondary N) is 4. The standard InChI is InChI=1S/C29H30N6O6/c1-20(31-28(37)39-18-22-13-7-3-8-14-22)30-26(36)33-27-35-34-25(41-27)24(17-21-11-5-2-6-12-21)32-29(38)40-19-23-15-9-4-10-16-23/h2-16,20,24H,17-19H2,1H3,(H,31,37)(H,32,38)(H2,30,33,35,36)/t20-,24-/m0/s1. The molecule has 4 rings (SSSR count). The molecule has 1 heterocycles. The molecule has 2 atom stereocenters. The fraction of sp³-hybridized carbons (Fsp3) is 0.207. The number of benzene rings is 3. The number of aromatic nitrogens is 2. The van der Waals surface area contributed by atoms with E-state index in [0.717, 1.165) is 16.7 Å². The number of urea groups is 1. The third-order valence-electron chi connectivity index (χ3n) is 5.64. The van der Waals surface area contributed by atoms with Crippen LogP contribution in [-0.2, 0) is 29.1 Å². The van der Waals surface area contributed by atoms with Gasteiger partial charge in [-0.25, -0.2) is 14.4 Å². The molecule has 0 aliphatic rings. The quantitative estimate of drug-likeness (QED) is 0.193. The predicted octanol–water partition coefficient (Wildman–Crippen LogP) is 4.67. The first-order chi connectivity index (χ1) is 19.9. The minimum absolute atomic E-state index is 0.0662. The second-order valence-electron chi connectivity index (χ2n) is 8.92. The minimum atomic E-state index is -0.771. The summed E-state index contributed by atoms with van der Waals surface area (Å²) in [6, 6.07) is 26.3. The number of alkyl carbamates (subject to hydrolysis) is 2. The molecular formula is C29H30N6O6. The molecule has 41 heavy (non-hydrogen) atoms. The zero-order valence-corrected chi connectivity index (χ0v) is 22.3. The van der Waals surface area contributed by atoms with Crippen molar-refractivity contribution in [3.8, 4) is 0 Å². The molecule has 4 aromatic rings. The van der Waals surface area contributed by atoms with E-state index in [2.05, 4.69) is 31.5 Å². The van der Waals surface area contributed by atoms with Crippen LogP contribution >= 0.6 is 0 Å². The SMILES string of the molecule is C[C@@H](NC(=O)Nc1nnc([C@H](Cc2ccccc2)NC(=O)OCc2ccccc2)o1)NC(=O)OCc1ccccc1.